The van der Waals surface area contributed by atoms with Crippen molar-refractivity contribution in [2.24, 2.45) is 13.0 Å². The van der Waals surface area contributed by atoms with Crippen molar-refractivity contribution < 1.29 is 23.5 Å². The second-order valence-electron chi connectivity index (χ2n) is 8.83. The number of aromatic nitrogens is 2. The average Bonchev–Trinajstić information content (AvgIpc) is 3.61. The summed E-state index contributed by atoms with van der Waals surface area (Å²) in [6, 6.07) is 13.0. The Labute approximate surface area is 201 Å². The van der Waals surface area contributed by atoms with Crippen molar-refractivity contribution in [1.82, 2.24) is 14.7 Å². The molecule has 2 aromatic carbocycles. The van der Waals surface area contributed by atoms with Gasteiger partial charge in [-0.25, -0.2) is 0 Å². The highest BCUT2D eigenvalue weighted by atomic mass is 16.7. The van der Waals surface area contributed by atoms with Gasteiger partial charge in [0.25, 0.3) is 5.91 Å². The summed E-state index contributed by atoms with van der Waals surface area (Å²) in [4.78, 5) is 28.1. The van der Waals surface area contributed by atoms with Crippen LogP contribution in [0.4, 0.5) is 5.69 Å². The number of carbonyl (C=O) groups excluding carboxylic acids is 2. The van der Waals surface area contributed by atoms with Gasteiger partial charge in [-0.3, -0.25) is 14.3 Å². The molecule has 9 heteroatoms. The number of rotatable bonds is 4. The number of furan rings is 1. The van der Waals surface area contributed by atoms with Crippen LogP contribution >= 0.6 is 0 Å². The molecule has 9 nitrogen and oxygen atoms in total. The first-order valence-corrected chi connectivity index (χ1v) is 11.6. The molecular weight excluding hydrogens is 448 g/mol. The highest BCUT2D eigenvalue weighted by Gasteiger charge is 2.30. The van der Waals surface area contributed by atoms with E-state index in [2.05, 4.69) is 10.4 Å². The Morgan fingerprint density at radius 1 is 1.06 bits per heavy atom. The van der Waals surface area contributed by atoms with E-state index in [1.165, 1.54) is 0 Å². The lowest BCUT2D eigenvalue weighted by atomic mass is 9.95. The second kappa shape index (κ2) is 8.50. The summed E-state index contributed by atoms with van der Waals surface area (Å²) in [5.41, 5.74) is 3.35. The minimum atomic E-state index is -0.171. The number of nitrogens with zero attached hydrogens (tertiary/aromatic N) is 3. The van der Waals surface area contributed by atoms with Crippen LogP contribution in [-0.4, -0.2) is 46.4 Å². The van der Waals surface area contributed by atoms with E-state index in [1.54, 1.807) is 47.3 Å². The zero-order valence-electron chi connectivity index (χ0n) is 19.2. The van der Waals surface area contributed by atoms with Gasteiger partial charge < -0.3 is 24.1 Å². The van der Waals surface area contributed by atoms with Crippen molar-refractivity contribution >= 4 is 28.5 Å². The molecule has 1 saturated heterocycles. The number of likely N-dealkylation sites (tertiary alicyclic amines) is 1. The zero-order chi connectivity index (χ0) is 23.9. The normalized spacial score (nSPS) is 15.5. The summed E-state index contributed by atoms with van der Waals surface area (Å²) in [5.74, 6) is 0.987. The zero-order valence-corrected chi connectivity index (χ0v) is 19.2. The smallest absolute Gasteiger partial charge is 0.257 e. The molecule has 4 aromatic rings. The van der Waals surface area contributed by atoms with E-state index in [-0.39, 0.29) is 24.5 Å². The molecular formula is C26H24N4O5. The number of para-hydroxylation sites is 1. The quantitative estimate of drug-likeness (QED) is 0.481. The Bertz CT molecular complexity index is 1430. The van der Waals surface area contributed by atoms with Gasteiger partial charge in [0.2, 0.25) is 12.7 Å². The molecule has 0 unspecified atom stereocenters. The number of ether oxygens (including phenoxy) is 2. The molecule has 2 aliphatic rings. The maximum absolute atomic E-state index is 13.5. The van der Waals surface area contributed by atoms with Gasteiger partial charge in [0.15, 0.2) is 11.5 Å². The van der Waals surface area contributed by atoms with Crippen molar-refractivity contribution in [1.29, 1.82) is 0 Å². The second-order valence-corrected chi connectivity index (χ2v) is 8.83. The van der Waals surface area contributed by atoms with E-state index < -0.39 is 0 Å². The molecule has 4 heterocycles. The molecule has 1 N–H and O–H groups in total. The van der Waals surface area contributed by atoms with E-state index in [4.69, 9.17) is 13.9 Å². The highest BCUT2D eigenvalue weighted by Crippen LogP contribution is 2.35. The van der Waals surface area contributed by atoms with Gasteiger partial charge in [0, 0.05) is 55.0 Å². The van der Waals surface area contributed by atoms with E-state index in [0.717, 1.165) is 16.5 Å². The Morgan fingerprint density at radius 3 is 2.71 bits per heavy atom. The maximum Gasteiger partial charge on any atom is 0.257 e. The highest BCUT2D eigenvalue weighted by molar-refractivity contribution is 6.04. The topological polar surface area (TPSA) is 98.8 Å². The molecule has 0 spiro atoms. The lowest BCUT2D eigenvalue weighted by Crippen LogP contribution is -2.41. The van der Waals surface area contributed by atoms with E-state index in [9.17, 15) is 9.59 Å². The van der Waals surface area contributed by atoms with Gasteiger partial charge >= 0.3 is 0 Å². The van der Waals surface area contributed by atoms with Crippen LogP contribution in [0.2, 0.25) is 0 Å². The first-order chi connectivity index (χ1) is 17.1. The lowest BCUT2D eigenvalue weighted by Gasteiger charge is -2.31. The fraction of sp³-hybridized carbons (Fsp3) is 0.269. The van der Waals surface area contributed by atoms with E-state index >= 15 is 0 Å². The van der Waals surface area contributed by atoms with Crippen molar-refractivity contribution in [2.45, 2.75) is 12.8 Å². The summed E-state index contributed by atoms with van der Waals surface area (Å²) in [7, 11) is 1.80. The van der Waals surface area contributed by atoms with Gasteiger partial charge in [-0.05, 0) is 31.0 Å². The minimum Gasteiger partial charge on any atom is -0.464 e. The van der Waals surface area contributed by atoms with E-state index in [0.29, 0.717) is 54.4 Å². The molecule has 2 aromatic heterocycles. The van der Waals surface area contributed by atoms with Crippen molar-refractivity contribution in [2.75, 3.05) is 25.2 Å². The number of piperidine rings is 1. The van der Waals surface area contributed by atoms with Crippen LogP contribution < -0.4 is 14.8 Å². The third-order valence-corrected chi connectivity index (χ3v) is 6.59. The van der Waals surface area contributed by atoms with Gasteiger partial charge in [0.1, 0.15) is 17.5 Å². The average molecular weight is 473 g/mol. The standard InChI is InChI=1S/C26H24N4O5/c1-29-13-19(24(28-29)20-14-33-21-5-3-2-4-18(20)21)26(32)30-10-8-16(9-11-30)25(31)27-17-6-7-22-23(12-17)35-15-34-22/h2-7,12-14,16H,8-11,15H2,1H3,(H,27,31). The molecule has 2 amide bonds. The third kappa shape index (κ3) is 3.88. The SMILES string of the molecule is Cn1cc(C(=O)N2CCC(C(=O)Nc3ccc4c(c3)OCO4)CC2)c(-c2coc3ccccc23)n1. The van der Waals surface area contributed by atoms with Gasteiger partial charge in [-0.1, -0.05) is 18.2 Å². The van der Waals surface area contributed by atoms with Crippen LogP contribution in [0.5, 0.6) is 11.5 Å². The first kappa shape index (κ1) is 21.3. The predicted octanol–water partition coefficient (Wildman–Crippen LogP) is 4.05. The summed E-state index contributed by atoms with van der Waals surface area (Å²) in [6.45, 7) is 1.19. The Morgan fingerprint density at radius 2 is 1.86 bits per heavy atom. The number of fused-ring (bicyclic) bond motifs is 2. The number of anilines is 1. The largest absolute Gasteiger partial charge is 0.464 e. The summed E-state index contributed by atoms with van der Waals surface area (Å²) < 4.78 is 18.0. The number of carbonyl (C=O) groups is 2. The lowest BCUT2D eigenvalue weighted by molar-refractivity contribution is -0.121. The third-order valence-electron chi connectivity index (χ3n) is 6.59. The molecule has 6 rings (SSSR count). The number of aryl methyl sites for hydroxylation is 1. The van der Waals surface area contributed by atoms with Crippen molar-refractivity contribution in [3.63, 3.8) is 0 Å². The Balaban J connectivity index is 1.14. The van der Waals surface area contributed by atoms with Crippen molar-refractivity contribution in [3.05, 3.63) is 60.5 Å². The molecule has 35 heavy (non-hydrogen) atoms. The Kier molecular flexibility index (Phi) is 5.17. The fourth-order valence-corrected chi connectivity index (χ4v) is 4.74. The van der Waals surface area contributed by atoms with E-state index in [1.807, 2.05) is 24.3 Å². The summed E-state index contributed by atoms with van der Waals surface area (Å²) in [6.07, 6.45) is 4.58. The number of amides is 2. The molecule has 0 radical (unpaired) electrons. The van der Waals surface area contributed by atoms with Gasteiger partial charge in [-0.15, -0.1) is 0 Å². The van der Waals surface area contributed by atoms with Gasteiger partial charge in [-0.2, -0.15) is 5.10 Å². The maximum atomic E-state index is 13.5. The molecule has 0 bridgehead atoms. The van der Waals surface area contributed by atoms with Crippen LogP contribution in [-0.2, 0) is 11.8 Å². The van der Waals surface area contributed by atoms with Crippen LogP contribution in [0, 0.1) is 5.92 Å². The molecule has 0 aliphatic carbocycles. The monoisotopic (exact) mass is 472 g/mol. The van der Waals surface area contributed by atoms with Gasteiger partial charge in [0.05, 0.1) is 5.56 Å². The van der Waals surface area contributed by atoms with Crippen LogP contribution in [0.3, 0.4) is 0 Å². The number of hydrogen-bond acceptors (Lipinski definition) is 6. The molecule has 0 atom stereocenters. The fourth-order valence-electron chi connectivity index (χ4n) is 4.74. The Hall–Kier alpha value is -4.27. The van der Waals surface area contributed by atoms with Crippen LogP contribution in [0.25, 0.3) is 22.2 Å². The minimum absolute atomic E-state index is 0.0529. The van der Waals surface area contributed by atoms with Crippen molar-refractivity contribution in [3.8, 4) is 22.8 Å². The molecule has 1 fully saturated rings. The van der Waals surface area contributed by atoms with Crippen LogP contribution in [0.1, 0.15) is 23.2 Å². The predicted molar refractivity (Wildman–Crippen MR) is 128 cm³/mol. The molecule has 178 valence electrons. The molecule has 2 aliphatic heterocycles. The first-order valence-electron chi connectivity index (χ1n) is 11.6. The number of nitrogens with one attached hydrogen (secondary N) is 1. The number of hydrogen-bond donors (Lipinski definition) is 1. The molecule has 0 saturated carbocycles. The number of benzene rings is 2. The van der Waals surface area contributed by atoms with Crippen LogP contribution in [0.15, 0.2) is 59.3 Å². The summed E-state index contributed by atoms with van der Waals surface area (Å²) in [5, 5.41) is 8.44. The summed E-state index contributed by atoms with van der Waals surface area (Å²) >= 11 is 0.